The van der Waals surface area contributed by atoms with Gasteiger partial charge in [-0.2, -0.15) is 0 Å². The highest BCUT2D eigenvalue weighted by Crippen LogP contribution is 2.25. The average Bonchev–Trinajstić information content (AvgIpc) is 2.33. The summed E-state index contributed by atoms with van der Waals surface area (Å²) in [6.07, 6.45) is 3.69. The molecule has 0 aliphatic rings. The van der Waals surface area contributed by atoms with Crippen LogP contribution in [0.5, 0.6) is 0 Å². The summed E-state index contributed by atoms with van der Waals surface area (Å²) < 4.78 is 1.19. The van der Waals surface area contributed by atoms with Gasteiger partial charge in [0.2, 0.25) is 0 Å². The van der Waals surface area contributed by atoms with Crippen molar-refractivity contribution in [3.8, 4) is 0 Å². The fourth-order valence-corrected chi connectivity index (χ4v) is 2.51. The molecule has 0 radical (unpaired) electrons. The second-order valence-electron chi connectivity index (χ2n) is 3.92. The average molecular weight is 339 g/mol. The first-order chi connectivity index (χ1) is 8.22. The molecule has 1 heterocycles. The summed E-state index contributed by atoms with van der Waals surface area (Å²) in [5, 5.41) is 0. The summed E-state index contributed by atoms with van der Waals surface area (Å²) in [7, 11) is 0. The molecule has 1 unspecified atom stereocenters. The number of benzene rings is 1. The van der Waals surface area contributed by atoms with Crippen LogP contribution in [0.15, 0.2) is 42.7 Å². The van der Waals surface area contributed by atoms with Gasteiger partial charge >= 0.3 is 0 Å². The topological polar surface area (TPSA) is 50.9 Å². The van der Waals surface area contributed by atoms with E-state index >= 15 is 0 Å². The maximum Gasteiger partial charge on any atom is 0.0735 e. The summed E-state index contributed by atoms with van der Waals surface area (Å²) in [4.78, 5) is 4.21. The number of aromatic nitrogens is 1. The smallest absolute Gasteiger partial charge is 0.0735 e. The third kappa shape index (κ3) is 2.83. The number of rotatable bonds is 3. The van der Waals surface area contributed by atoms with Crippen molar-refractivity contribution in [1.82, 2.24) is 10.4 Å². The fraction of sp³-hybridized carbons (Fsp3) is 0.154. The lowest BCUT2D eigenvalue weighted by Crippen LogP contribution is -2.29. The molecule has 0 fully saturated rings. The molecule has 1 atom stereocenters. The van der Waals surface area contributed by atoms with Gasteiger partial charge in [-0.15, -0.1) is 0 Å². The normalized spacial score (nSPS) is 12.4. The summed E-state index contributed by atoms with van der Waals surface area (Å²) >= 11 is 2.32. The minimum absolute atomic E-state index is 0.0181. The van der Waals surface area contributed by atoms with E-state index in [1.807, 2.05) is 31.5 Å². The van der Waals surface area contributed by atoms with Crippen molar-refractivity contribution in [2.45, 2.75) is 13.0 Å². The lowest BCUT2D eigenvalue weighted by molar-refractivity contribution is 0.631. The molecule has 0 amide bonds. The van der Waals surface area contributed by atoms with Crippen LogP contribution >= 0.6 is 22.6 Å². The molecule has 17 heavy (non-hydrogen) atoms. The lowest BCUT2D eigenvalue weighted by Gasteiger charge is -2.18. The van der Waals surface area contributed by atoms with Crippen LogP contribution in [-0.4, -0.2) is 4.98 Å². The molecule has 0 saturated heterocycles. The van der Waals surface area contributed by atoms with Crippen LogP contribution in [0.25, 0.3) is 0 Å². The highest BCUT2D eigenvalue weighted by molar-refractivity contribution is 14.1. The monoisotopic (exact) mass is 339 g/mol. The molecule has 4 heteroatoms. The number of nitrogens with two attached hydrogens (primary N) is 1. The van der Waals surface area contributed by atoms with Crippen molar-refractivity contribution in [1.29, 1.82) is 0 Å². The molecule has 1 aromatic carbocycles. The standard InChI is InChI=1S/C13H14IN3/c1-9-6-10(8-16-7-9)13(17-15)11-4-2-3-5-12(11)14/h2-8,13,17H,15H2,1H3. The van der Waals surface area contributed by atoms with E-state index in [0.717, 1.165) is 11.1 Å². The predicted octanol–water partition coefficient (Wildman–Crippen LogP) is 2.55. The van der Waals surface area contributed by atoms with E-state index in [1.165, 1.54) is 9.13 Å². The number of pyridine rings is 1. The van der Waals surface area contributed by atoms with Gasteiger partial charge in [0.05, 0.1) is 6.04 Å². The number of hydrazine groups is 1. The molecule has 0 spiro atoms. The zero-order valence-electron chi connectivity index (χ0n) is 9.52. The van der Waals surface area contributed by atoms with Gasteiger partial charge in [-0.25, -0.2) is 5.43 Å². The van der Waals surface area contributed by atoms with Crippen molar-refractivity contribution < 1.29 is 0 Å². The zero-order chi connectivity index (χ0) is 12.3. The summed E-state index contributed by atoms with van der Waals surface area (Å²) in [5.41, 5.74) is 6.24. The second-order valence-corrected chi connectivity index (χ2v) is 5.08. The summed E-state index contributed by atoms with van der Waals surface area (Å²) in [5.74, 6) is 5.67. The Kier molecular flexibility index (Phi) is 4.09. The molecule has 0 aliphatic carbocycles. The van der Waals surface area contributed by atoms with Crippen LogP contribution in [0.1, 0.15) is 22.7 Å². The van der Waals surface area contributed by atoms with E-state index in [9.17, 15) is 0 Å². The van der Waals surface area contributed by atoms with E-state index in [2.05, 4.69) is 51.2 Å². The van der Waals surface area contributed by atoms with Crippen molar-refractivity contribution in [2.75, 3.05) is 0 Å². The van der Waals surface area contributed by atoms with Crippen LogP contribution in [0.2, 0.25) is 0 Å². The number of hydrogen-bond donors (Lipinski definition) is 2. The Morgan fingerprint density at radius 3 is 2.71 bits per heavy atom. The highest BCUT2D eigenvalue weighted by atomic mass is 127. The predicted molar refractivity (Wildman–Crippen MR) is 77.3 cm³/mol. The minimum Gasteiger partial charge on any atom is -0.271 e. The number of hydrogen-bond acceptors (Lipinski definition) is 3. The second kappa shape index (κ2) is 5.57. The third-order valence-corrected chi connectivity index (χ3v) is 3.59. The number of nitrogens with one attached hydrogen (secondary N) is 1. The van der Waals surface area contributed by atoms with Crippen LogP contribution in [-0.2, 0) is 0 Å². The molecule has 0 bridgehead atoms. The van der Waals surface area contributed by atoms with Crippen LogP contribution < -0.4 is 11.3 Å². The van der Waals surface area contributed by atoms with Gasteiger partial charge in [-0.1, -0.05) is 24.3 Å². The zero-order valence-corrected chi connectivity index (χ0v) is 11.7. The van der Waals surface area contributed by atoms with Crippen molar-refractivity contribution in [2.24, 2.45) is 5.84 Å². The Labute approximate surface area is 115 Å². The Hall–Kier alpha value is -0.980. The van der Waals surface area contributed by atoms with E-state index in [-0.39, 0.29) is 6.04 Å². The van der Waals surface area contributed by atoms with Crippen molar-refractivity contribution in [3.63, 3.8) is 0 Å². The van der Waals surface area contributed by atoms with Gasteiger partial charge in [0.25, 0.3) is 0 Å². The molecule has 0 saturated carbocycles. The molecule has 3 nitrogen and oxygen atoms in total. The Balaban J connectivity index is 2.44. The van der Waals surface area contributed by atoms with Crippen LogP contribution in [0.3, 0.4) is 0 Å². The SMILES string of the molecule is Cc1cncc(C(NN)c2ccccc2I)c1. The first-order valence-electron chi connectivity index (χ1n) is 5.34. The maximum absolute atomic E-state index is 5.67. The van der Waals surface area contributed by atoms with Gasteiger partial charge in [0.15, 0.2) is 0 Å². The van der Waals surface area contributed by atoms with E-state index in [4.69, 9.17) is 5.84 Å². The van der Waals surface area contributed by atoms with Crippen LogP contribution in [0.4, 0.5) is 0 Å². The van der Waals surface area contributed by atoms with Gasteiger partial charge in [0.1, 0.15) is 0 Å². The minimum atomic E-state index is -0.0181. The van der Waals surface area contributed by atoms with E-state index in [1.54, 1.807) is 0 Å². The molecule has 2 rings (SSSR count). The first kappa shape index (κ1) is 12.5. The number of nitrogens with zero attached hydrogens (tertiary/aromatic N) is 1. The van der Waals surface area contributed by atoms with E-state index < -0.39 is 0 Å². The van der Waals surface area contributed by atoms with Gasteiger partial charge in [0, 0.05) is 16.0 Å². The van der Waals surface area contributed by atoms with Gasteiger partial charge in [-0.3, -0.25) is 10.8 Å². The molecular formula is C13H14IN3. The molecule has 3 N–H and O–H groups in total. The van der Waals surface area contributed by atoms with Crippen molar-refractivity contribution >= 4 is 22.6 Å². The largest absolute Gasteiger partial charge is 0.271 e. The molecule has 88 valence electrons. The van der Waals surface area contributed by atoms with Crippen LogP contribution in [0, 0.1) is 10.5 Å². The summed E-state index contributed by atoms with van der Waals surface area (Å²) in [6, 6.07) is 10.3. The summed E-state index contributed by atoms with van der Waals surface area (Å²) in [6.45, 7) is 2.03. The molecule has 2 aromatic rings. The highest BCUT2D eigenvalue weighted by Gasteiger charge is 2.15. The number of aryl methyl sites for hydroxylation is 1. The fourth-order valence-electron chi connectivity index (χ4n) is 1.81. The lowest BCUT2D eigenvalue weighted by atomic mass is 10.00. The third-order valence-electron chi connectivity index (χ3n) is 2.61. The Bertz CT molecular complexity index is 514. The Morgan fingerprint density at radius 2 is 2.06 bits per heavy atom. The molecule has 1 aromatic heterocycles. The number of halogens is 1. The Morgan fingerprint density at radius 1 is 1.29 bits per heavy atom. The van der Waals surface area contributed by atoms with Gasteiger partial charge in [-0.05, 0) is 52.3 Å². The van der Waals surface area contributed by atoms with E-state index in [0.29, 0.717) is 0 Å². The molecule has 0 aliphatic heterocycles. The van der Waals surface area contributed by atoms with Crippen molar-refractivity contribution in [3.05, 3.63) is 63.0 Å². The molecular weight excluding hydrogens is 325 g/mol. The first-order valence-corrected chi connectivity index (χ1v) is 6.42. The van der Waals surface area contributed by atoms with Gasteiger partial charge < -0.3 is 0 Å². The quantitative estimate of drug-likeness (QED) is 0.513. The maximum atomic E-state index is 5.67.